The topological polar surface area (TPSA) is 42.4 Å². The van der Waals surface area contributed by atoms with Crippen LogP contribution in [0.3, 0.4) is 0 Å². The van der Waals surface area contributed by atoms with E-state index in [1.807, 2.05) is 25.1 Å². The molecular weight excluding hydrogens is 192 g/mol. The first-order valence-electron chi connectivity index (χ1n) is 4.77. The molecule has 1 rings (SSSR count). The molecule has 0 saturated carbocycles. The Labute approximate surface area is 89.2 Å². The summed E-state index contributed by atoms with van der Waals surface area (Å²) in [6.07, 6.45) is 1.72. The van der Waals surface area contributed by atoms with Crippen molar-refractivity contribution in [2.24, 2.45) is 0 Å². The summed E-state index contributed by atoms with van der Waals surface area (Å²) in [6.45, 7) is 2.81. The molecule has 0 fully saturated rings. The molecule has 4 nitrogen and oxygen atoms in total. The zero-order valence-corrected chi connectivity index (χ0v) is 8.93. The van der Waals surface area contributed by atoms with Crippen LogP contribution < -0.4 is 0 Å². The Balaban J connectivity index is 2.62. The van der Waals surface area contributed by atoms with Crippen molar-refractivity contribution in [1.82, 2.24) is 9.88 Å². The second kappa shape index (κ2) is 5.83. The van der Waals surface area contributed by atoms with Gasteiger partial charge < -0.3 is 9.64 Å². The zero-order chi connectivity index (χ0) is 11.1. The molecule has 0 atom stereocenters. The van der Waals surface area contributed by atoms with Gasteiger partial charge in [-0.15, -0.1) is 0 Å². The van der Waals surface area contributed by atoms with E-state index >= 15 is 0 Å². The lowest BCUT2D eigenvalue weighted by Crippen LogP contribution is -2.20. The third kappa shape index (κ3) is 3.44. The molecular formula is C11H14N2O2. The van der Waals surface area contributed by atoms with Crippen molar-refractivity contribution in [3.05, 3.63) is 36.0 Å². The highest BCUT2D eigenvalue weighted by molar-refractivity contribution is 5.48. The Morgan fingerprint density at radius 3 is 2.93 bits per heavy atom. The summed E-state index contributed by atoms with van der Waals surface area (Å²) in [5, 5.41) is 0. The minimum absolute atomic E-state index is 0.211. The van der Waals surface area contributed by atoms with Crippen molar-refractivity contribution in [1.29, 1.82) is 0 Å². The van der Waals surface area contributed by atoms with Crippen LogP contribution in [0, 0.1) is 0 Å². The highest BCUT2D eigenvalue weighted by Crippen LogP contribution is 2.05. The molecule has 15 heavy (non-hydrogen) atoms. The van der Waals surface area contributed by atoms with Gasteiger partial charge in [0, 0.05) is 13.2 Å². The Bertz CT molecular complexity index is 345. The van der Waals surface area contributed by atoms with Gasteiger partial charge in [0.05, 0.1) is 18.8 Å². The Kier molecular flexibility index (Phi) is 4.38. The largest absolute Gasteiger partial charge is 0.471 e. The van der Waals surface area contributed by atoms with Gasteiger partial charge in [-0.3, -0.25) is 4.98 Å². The van der Waals surface area contributed by atoms with E-state index in [4.69, 9.17) is 4.74 Å². The molecule has 1 heterocycles. The van der Waals surface area contributed by atoms with Crippen molar-refractivity contribution < 1.29 is 9.53 Å². The van der Waals surface area contributed by atoms with Crippen molar-refractivity contribution in [2.45, 2.75) is 13.5 Å². The van der Waals surface area contributed by atoms with Crippen LogP contribution in [0.5, 0.6) is 0 Å². The molecule has 4 heteroatoms. The first kappa shape index (κ1) is 11.3. The lowest BCUT2D eigenvalue weighted by molar-refractivity contribution is 0.137. The van der Waals surface area contributed by atoms with E-state index in [0.29, 0.717) is 13.2 Å². The molecule has 80 valence electrons. The normalized spacial score (nSPS) is 9.20. The van der Waals surface area contributed by atoms with Crippen LogP contribution in [0.2, 0.25) is 0 Å². The van der Waals surface area contributed by atoms with Crippen LogP contribution in [-0.4, -0.2) is 29.5 Å². The Hall–Kier alpha value is -1.80. The predicted molar refractivity (Wildman–Crippen MR) is 56.5 cm³/mol. The Morgan fingerprint density at radius 1 is 1.60 bits per heavy atom. The van der Waals surface area contributed by atoms with Gasteiger partial charge in [-0.05, 0) is 19.1 Å². The fourth-order valence-corrected chi connectivity index (χ4v) is 1.16. The maximum absolute atomic E-state index is 10.6. The minimum atomic E-state index is 0.211. The van der Waals surface area contributed by atoms with Gasteiger partial charge in [-0.25, -0.2) is 4.79 Å². The fourth-order valence-electron chi connectivity index (χ4n) is 1.16. The zero-order valence-electron chi connectivity index (χ0n) is 8.93. The number of hydrogen-bond acceptors (Lipinski definition) is 4. The monoisotopic (exact) mass is 206 g/mol. The van der Waals surface area contributed by atoms with Crippen LogP contribution >= 0.6 is 0 Å². The molecule has 0 aliphatic carbocycles. The Morgan fingerprint density at radius 2 is 2.40 bits per heavy atom. The second-order valence-electron chi connectivity index (χ2n) is 3.02. The van der Waals surface area contributed by atoms with E-state index in [-0.39, 0.29) is 5.88 Å². The summed E-state index contributed by atoms with van der Waals surface area (Å²) < 4.78 is 5.12. The van der Waals surface area contributed by atoms with Crippen molar-refractivity contribution >= 4 is 5.94 Å². The van der Waals surface area contributed by atoms with Crippen LogP contribution in [0.15, 0.2) is 30.3 Å². The van der Waals surface area contributed by atoms with Gasteiger partial charge in [0.15, 0.2) is 5.94 Å². The van der Waals surface area contributed by atoms with Crippen LogP contribution in [0.4, 0.5) is 0 Å². The number of carbonyl (C=O) groups excluding carboxylic acids is 1. The predicted octanol–water partition coefficient (Wildman–Crippen LogP) is 1.22. The van der Waals surface area contributed by atoms with Gasteiger partial charge in [-0.2, -0.15) is 0 Å². The quantitative estimate of drug-likeness (QED) is 0.536. The smallest absolute Gasteiger partial charge is 0.278 e. The molecule has 0 amide bonds. The van der Waals surface area contributed by atoms with E-state index in [1.54, 1.807) is 24.1 Å². The van der Waals surface area contributed by atoms with E-state index in [9.17, 15) is 4.79 Å². The molecule has 0 saturated heterocycles. The van der Waals surface area contributed by atoms with E-state index < -0.39 is 0 Å². The summed E-state index contributed by atoms with van der Waals surface area (Å²) in [5.74, 6) is 1.98. The van der Waals surface area contributed by atoms with Crippen molar-refractivity contribution in [3.8, 4) is 0 Å². The summed E-state index contributed by atoms with van der Waals surface area (Å²) in [4.78, 5) is 16.4. The summed E-state index contributed by atoms with van der Waals surface area (Å²) in [5.41, 5.74) is 0.882. The first-order valence-corrected chi connectivity index (χ1v) is 4.77. The molecule has 0 unspecified atom stereocenters. The molecule has 0 aliphatic heterocycles. The standard InChI is InChI=1S/C11H14N2O2/c1-3-15-11(9-14)13(2)8-10-6-4-5-7-12-10/h4-7H,3,8H2,1-2H3. The molecule has 0 bridgehead atoms. The number of rotatable bonds is 5. The minimum Gasteiger partial charge on any atom is -0.471 e. The number of pyridine rings is 1. The summed E-state index contributed by atoms with van der Waals surface area (Å²) in [7, 11) is 1.77. The molecule has 0 spiro atoms. The third-order valence-corrected chi connectivity index (χ3v) is 1.84. The first-order chi connectivity index (χ1) is 7.27. The molecule has 1 aromatic heterocycles. The number of aromatic nitrogens is 1. The molecule has 0 N–H and O–H groups in total. The molecule has 0 aliphatic rings. The van der Waals surface area contributed by atoms with Gasteiger partial charge in [-0.1, -0.05) is 6.07 Å². The van der Waals surface area contributed by atoms with Crippen LogP contribution in [-0.2, 0) is 16.1 Å². The highest BCUT2D eigenvalue weighted by Gasteiger charge is 2.07. The van der Waals surface area contributed by atoms with Gasteiger partial charge in [0.25, 0.3) is 5.88 Å². The van der Waals surface area contributed by atoms with E-state index in [0.717, 1.165) is 5.69 Å². The number of ether oxygens (including phenoxy) is 1. The molecule has 0 aromatic carbocycles. The second-order valence-corrected chi connectivity index (χ2v) is 3.02. The van der Waals surface area contributed by atoms with Crippen molar-refractivity contribution in [2.75, 3.05) is 13.7 Å². The van der Waals surface area contributed by atoms with E-state index in [1.165, 1.54) is 0 Å². The third-order valence-electron chi connectivity index (χ3n) is 1.84. The maximum Gasteiger partial charge on any atom is 0.278 e. The number of nitrogens with zero attached hydrogens (tertiary/aromatic N) is 2. The molecule has 1 aromatic rings. The van der Waals surface area contributed by atoms with Gasteiger partial charge in [0.1, 0.15) is 0 Å². The van der Waals surface area contributed by atoms with Crippen LogP contribution in [0.1, 0.15) is 12.6 Å². The maximum atomic E-state index is 10.6. The fraction of sp³-hybridized carbons (Fsp3) is 0.364. The van der Waals surface area contributed by atoms with Crippen LogP contribution in [0.25, 0.3) is 0 Å². The molecule has 0 radical (unpaired) electrons. The summed E-state index contributed by atoms with van der Waals surface area (Å²) in [6, 6.07) is 5.65. The SMILES string of the molecule is CCOC(=C=O)N(C)Cc1ccccn1. The average Bonchev–Trinajstić information content (AvgIpc) is 2.27. The van der Waals surface area contributed by atoms with E-state index in [2.05, 4.69) is 4.98 Å². The highest BCUT2D eigenvalue weighted by atomic mass is 16.5. The van der Waals surface area contributed by atoms with Gasteiger partial charge in [0.2, 0.25) is 0 Å². The van der Waals surface area contributed by atoms with Gasteiger partial charge >= 0.3 is 0 Å². The lowest BCUT2D eigenvalue weighted by Gasteiger charge is -2.18. The number of hydrogen-bond donors (Lipinski definition) is 0. The average molecular weight is 206 g/mol. The summed E-state index contributed by atoms with van der Waals surface area (Å²) >= 11 is 0. The lowest BCUT2D eigenvalue weighted by atomic mass is 10.3. The van der Waals surface area contributed by atoms with Crippen molar-refractivity contribution in [3.63, 3.8) is 0 Å².